The van der Waals surface area contributed by atoms with Crippen LogP contribution in [-0.4, -0.2) is 60.6 Å². The zero-order valence-corrected chi connectivity index (χ0v) is 22.5. The van der Waals surface area contributed by atoms with Gasteiger partial charge in [0.05, 0.1) is 6.04 Å². The summed E-state index contributed by atoms with van der Waals surface area (Å²) in [6.45, 7) is 6.49. The average molecular weight is 539 g/mol. The van der Waals surface area contributed by atoms with Gasteiger partial charge in [-0.05, 0) is 93.4 Å². The molecule has 2 aliphatic heterocycles. The topological polar surface area (TPSA) is 58.8 Å². The lowest BCUT2D eigenvalue weighted by Crippen LogP contribution is -2.47. The number of carbonyl (C=O) groups excluding carboxylic acids is 1. The van der Waals surface area contributed by atoms with Gasteiger partial charge in [0.2, 0.25) is 5.91 Å². The Kier molecular flexibility index (Phi) is 9.23. The molecule has 2 aromatic carbocycles. The van der Waals surface area contributed by atoms with Crippen molar-refractivity contribution < 1.29 is 9.53 Å². The van der Waals surface area contributed by atoms with Crippen LogP contribution in [0.15, 0.2) is 36.4 Å². The summed E-state index contributed by atoms with van der Waals surface area (Å²) in [5.74, 6) is 1.14. The molecule has 2 atom stereocenters. The summed E-state index contributed by atoms with van der Waals surface area (Å²) in [4.78, 5) is 17.4. The normalized spacial score (nSPS) is 19.1. The molecule has 0 spiro atoms. The molecule has 35 heavy (non-hydrogen) atoms. The molecule has 0 unspecified atom stereocenters. The first-order valence-corrected chi connectivity index (χ1v) is 13.6. The quantitative estimate of drug-likeness (QED) is 0.462. The van der Waals surface area contributed by atoms with Crippen molar-refractivity contribution in [2.75, 3.05) is 32.8 Å². The van der Waals surface area contributed by atoms with Gasteiger partial charge in [0.1, 0.15) is 12.4 Å². The predicted octanol–water partition coefficient (Wildman–Crippen LogP) is 5.79. The summed E-state index contributed by atoms with van der Waals surface area (Å²) in [6, 6.07) is 11.0. The molecule has 2 aliphatic rings. The number of nitrogens with zero attached hydrogens (tertiary/aromatic N) is 2. The fourth-order valence-corrected chi connectivity index (χ4v) is 5.77. The van der Waals surface area contributed by atoms with Crippen LogP contribution in [0.2, 0.25) is 15.1 Å². The van der Waals surface area contributed by atoms with Crippen molar-refractivity contribution in [2.24, 2.45) is 5.73 Å². The minimum atomic E-state index is -0.633. The van der Waals surface area contributed by atoms with Crippen LogP contribution in [-0.2, 0) is 11.2 Å². The molecule has 0 aliphatic carbocycles. The van der Waals surface area contributed by atoms with Crippen LogP contribution >= 0.6 is 34.8 Å². The Labute approximate surface area is 223 Å². The highest BCUT2D eigenvalue weighted by Crippen LogP contribution is 2.36. The van der Waals surface area contributed by atoms with E-state index in [-0.39, 0.29) is 5.91 Å². The van der Waals surface area contributed by atoms with Crippen LogP contribution in [0.5, 0.6) is 5.75 Å². The third-order valence-corrected chi connectivity index (χ3v) is 8.06. The van der Waals surface area contributed by atoms with Gasteiger partial charge < -0.3 is 15.4 Å². The lowest BCUT2D eigenvalue weighted by atomic mass is 9.88. The number of halogens is 3. The van der Waals surface area contributed by atoms with Crippen molar-refractivity contribution in [1.82, 2.24) is 9.80 Å². The molecule has 4 rings (SSSR count). The SMILES string of the molecule is C[C@H](COc1cc(Cl)ccc1C1CCN(C(=O)[C@H](N)Cc2ccc(Cl)cc2Cl)CC1)N1CCCC1. The van der Waals surface area contributed by atoms with Gasteiger partial charge in [-0.15, -0.1) is 0 Å². The highest BCUT2D eigenvalue weighted by molar-refractivity contribution is 6.35. The largest absolute Gasteiger partial charge is 0.492 e. The standard InChI is InChI=1S/C27H34Cl3N3O2/c1-18(32-10-2-3-11-32)17-35-26-16-22(29)6-7-23(26)19-8-12-33(13-9-19)27(34)25(31)14-20-4-5-21(28)15-24(20)30/h4-7,15-16,18-19,25H,2-3,8-14,17,31H2,1H3/t18-,25-/m1/s1. The van der Waals surface area contributed by atoms with Gasteiger partial charge in [-0.1, -0.05) is 46.9 Å². The molecule has 2 saturated heterocycles. The van der Waals surface area contributed by atoms with E-state index >= 15 is 0 Å². The maximum Gasteiger partial charge on any atom is 0.239 e. The number of benzene rings is 2. The molecule has 2 fully saturated rings. The van der Waals surface area contributed by atoms with Gasteiger partial charge in [0.25, 0.3) is 0 Å². The molecule has 0 aromatic heterocycles. The van der Waals surface area contributed by atoms with Crippen LogP contribution in [0.4, 0.5) is 0 Å². The third-order valence-electron chi connectivity index (χ3n) is 7.24. The number of likely N-dealkylation sites (tertiary alicyclic amines) is 2. The van der Waals surface area contributed by atoms with E-state index < -0.39 is 6.04 Å². The van der Waals surface area contributed by atoms with Gasteiger partial charge in [-0.25, -0.2) is 0 Å². The Balaban J connectivity index is 1.34. The maximum atomic E-state index is 13.0. The number of hydrogen-bond acceptors (Lipinski definition) is 4. The highest BCUT2D eigenvalue weighted by atomic mass is 35.5. The van der Waals surface area contributed by atoms with E-state index in [9.17, 15) is 4.79 Å². The minimum absolute atomic E-state index is 0.0403. The molecule has 1 amide bonds. The maximum absolute atomic E-state index is 13.0. The molecule has 2 N–H and O–H groups in total. The smallest absolute Gasteiger partial charge is 0.239 e. The fraction of sp³-hybridized carbons (Fsp3) is 0.519. The van der Waals surface area contributed by atoms with Crippen LogP contribution in [0, 0.1) is 0 Å². The van der Waals surface area contributed by atoms with Gasteiger partial charge in [-0.2, -0.15) is 0 Å². The Morgan fingerprint density at radius 2 is 1.69 bits per heavy atom. The number of piperidine rings is 1. The Hall–Kier alpha value is -1.50. The van der Waals surface area contributed by atoms with Gasteiger partial charge in [0.15, 0.2) is 0 Å². The van der Waals surface area contributed by atoms with Crippen molar-refractivity contribution in [2.45, 2.75) is 57.0 Å². The van der Waals surface area contributed by atoms with Crippen LogP contribution in [0.3, 0.4) is 0 Å². The number of carbonyl (C=O) groups is 1. The molecule has 5 nitrogen and oxygen atoms in total. The Bertz CT molecular complexity index is 1020. The first-order chi connectivity index (χ1) is 16.8. The van der Waals surface area contributed by atoms with E-state index in [0.29, 0.717) is 53.1 Å². The average Bonchev–Trinajstić information content (AvgIpc) is 3.39. The van der Waals surface area contributed by atoms with Crippen molar-refractivity contribution in [3.8, 4) is 5.75 Å². The Morgan fingerprint density at radius 3 is 2.37 bits per heavy atom. The number of rotatable bonds is 8. The molecule has 2 heterocycles. The number of ether oxygens (including phenoxy) is 1. The molecular weight excluding hydrogens is 505 g/mol. The summed E-state index contributed by atoms with van der Waals surface area (Å²) in [5.41, 5.74) is 8.28. The number of nitrogens with two attached hydrogens (primary N) is 1. The van der Waals surface area contributed by atoms with E-state index in [4.69, 9.17) is 45.3 Å². The molecular formula is C27H34Cl3N3O2. The summed E-state index contributed by atoms with van der Waals surface area (Å²) in [5, 5.41) is 1.78. The van der Waals surface area contributed by atoms with E-state index in [0.717, 1.165) is 37.2 Å². The van der Waals surface area contributed by atoms with E-state index in [1.165, 1.54) is 18.4 Å². The first-order valence-electron chi connectivity index (χ1n) is 12.5. The van der Waals surface area contributed by atoms with Crippen molar-refractivity contribution in [3.63, 3.8) is 0 Å². The van der Waals surface area contributed by atoms with Crippen molar-refractivity contribution >= 4 is 40.7 Å². The zero-order chi connectivity index (χ0) is 24.9. The lowest BCUT2D eigenvalue weighted by molar-refractivity contribution is -0.133. The fourth-order valence-electron chi connectivity index (χ4n) is 5.13. The van der Waals surface area contributed by atoms with Gasteiger partial charge >= 0.3 is 0 Å². The molecule has 2 aromatic rings. The van der Waals surface area contributed by atoms with Gasteiger partial charge in [0, 0.05) is 34.2 Å². The second-order valence-electron chi connectivity index (χ2n) is 9.73. The van der Waals surface area contributed by atoms with Crippen LogP contribution < -0.4 is 10.5 Å². The van der Waals surface area contributed by atoms with Crippen molar-refractivity contribution in [1.29, 1.82) is 0 Å². The highest BCUT2D eigenvalue weighted by Gasteiger charge is 2.29. The monoisotopic (exact) mass is 537 g/mol. The molecule has 190 valence electrons. The molecule has 0 saturated carbocycles. The van der Waals surface area contributed by atoms with E-state index in [1.54, 1.807) is 12.1 Å². The lowest BCUT2D eigenvalue weighted by Gasteiger charge is -2.34. The second-order valence-corrected chi connectivity index (χ2v) is 11.0. The van der Waals surface area contributed by atoms with E-state index in [2.05, 4.69) is 17.9 Å². The predicted molar refractivity (Wildman–Crippen MR) is 144 cm³/mol. The molecule has 8 heteroatoms. The van der Waals surface area contributed by atoms with Gasteiger partial charge in [-0.3, -0.25) is 9.69 Å². The first kappa shape index (κ1) is 26.6. The Morgan fingerprint density at radius 1 is 1.03 bits per heavy atom. The zero-order valence-electron chi connectivity index (χ0n) is 20.2. The summed E-state index contributed by atoms with van der Waals surface area (Å²) >= 11 is 18.6. The number of hydrogen-bond donors (Lipinski definition) is 1. The van der Waals surface area contributed by atoms with Crippen molar-refractivity contribution in [3.05, 3.63) is 62.6 Å². The summed E-state index contributed by atoms with van der Waals surface area (Å²) in [6.07, 6.45) is 4.64. The summed E-state index contributed by atoms with van der Waals surface area (Å²) in [7, 11) is 0. The number of amides is 1. The summed E-state index contributed by atoms with van der Waals surface area (Å²) < 4.78 is 6.30. The van der Waals surface area contributed by atoms with Crippen LogP contribution in [0.1, 0.15) is 49.7 Å². The third kappa shape index (κ3) is 6.84. The molecule has 0 radical (unpaired) electrons. The molecule has 0 bridgehead atoms. The second kappa shape index (κ2) is 12.2. The minimum Gasteiger partial charge on any atom is -0.492 e. The van der Waals surface area contributed by atoms with E-state index in [1.807, 2.05) is 23.1 Å². The van der Waals surface area contributed by atoms with Crippen LogP contribution in [0.25, 0.3) is 0 Å².